The van der Waals surface area contributed by atoms with Crippen LogP contribution in [0.3, 0.4) is 0 Å². The number of thioether (sulfide) groups is 1. The molecule has 3 aromatic carbocycles. The standard InChI is InChI=1S/C31H37ClN2S.2ClH/c32-30-9-6-27(7-10-30)24-33-17-12-25(13-18-33)16-21-35-31-11-8-28-14-19-34(20-15-29(28)22-31)23-26-4-2-1-3-5-26;;/h1-11,22,25H,12-21,23-24H2;2*1H. The molecule has 200 valence electrons. The van der Waals surface area contributed by atoms with Gasteiger partial charge in [-0.3, -0.25) is 9.80 Å². The summed E-state index contributed by atoms with van der Waals surface area (Å²) in [5.74, 6) is 2.11. The highest BCUT2D eigenvalue weighted by molar-refractivity contribution is 7.99. The predicted molar refractivity (Wildman–Crippen MR) is 165 cm³/mol. The molecule has 5 rings (SSSR count). The minimum Gasteiger partial charge on any atom is -0.299 e. The van der Waals surface area contributed by atoms with Gasteiger partial charge in [0, 0.05) is 36.1 Å². The van der Waals surface area contributed by atoms with Crippen molar-refractivity contribution < 1.29 is 0 Å². The highest BCUT2D eigenvalue weighted by Gasteiger charge is 2.19. The van der Waals surface area contributed by atoms with Crippen molar-refractivity contribution in [1.82, 2.24) is 9.80 Å². The van der Waals surface area contributed by atoms with Gasteiger partial charge in [0.2, 0.25) is 0 Å². The second-order valence-electron chi connectivity index (χ2n) is 10.2. The van der Waals surface area contributed by atoms with Crippen molar-refractivity contribution in [2.45, 2.75) is 50.1 Å². The van der Waals surface area contributed by atoms with Crippen molar-refractivity contribution in [3.63, 3.8) is 0 Å². The number of benzene rings is 3. The molecule has 0 saturated carbocycles. The Kier molecular flexibility index (Phi) is 12.6. The fraction of sp³-hybridized carbons (Fsp3) is 0.419. The first-order valence-corrected chi connectivity index (χ1v) is 14.6. The van der Waals surface area contributed by atoms with Gasteiger partial charge in [0.1, 0.15) is 0 Å². The Hall–Kier alpha value is -1.20. The maximum atomic E-state index is 6.02. The summed E-state index contributed by atoms with van der Waals surface area (Å²) >= 11 is 8.09. The largest absolute Gasteiger partial charge is 0.299 e. The van der Waals surface area contributed by atoms with Crippen molar-refractivity contribution >= 4 is 48.2 Å². The van der Waals surface area contributed by atoms with E-state index in [1.807, 2.05) is 12.1 Å². The van der Waals surface area contributed by atoms with E-state index in [-0.39, 0.29) is 24.8 Å². The van der Waals surface area contributed by atoms with Crippen LogP contribution in [0.1, 0.15) is 41.5 Å². The van der Waals surface area contributed by atoms with Gasteiger partial charge in [-0.2, -0.15) is 0 Å². The van der Waals surface area contributed by atoms with E-state index in [0.29, 0.717) is 0 Å². The van der Waals surface area contributed by atoms with Crippen molar-refractivity contribution in [1.29, 1.82) is 0 Å². The predicted octanol–water partition coefficient (Wildman–Crippen LogP) is 8.18. The van der Waals surface area contributed by atoms with Gasteiger partial charge >= 0.3 is 0 Å². The van der Waals surface area contributed by atoms with Crippen LogP contribution < -0.4 is 0 Å². The molecular formula is C31H39Cl3N2S. The Balaban J connectivity index is 0.00000190. The smallest absolute Gasteiger partial charge is 0.0406 e. The highest BCUT2D eigenvalue weighted by atomic mass is 35.5. The SMILES string of the molecule is Cl.Cl.Clc1ccc(CN2CCC(CCSc3ccc4c(c3)CCN(Cc3ccccc3)CC4)CC2)cc1. The second kappa shape index (κ2) is 15.4. The van der Waals surface area contributed by atoms with E-state index in [9.17, 15) is 0 Å². The van der Waals surface area contributed by atoms with Crippen LogP contribution in [0.4, 0.5) is 0 Å². The summed E-state index contributed by atoms with van der Waals surface area (Å²) in [5.41, 5.74) is 5.92. The molecule has 2 aliphatic heterocycles. The van der Waals surface area contributed by atoms with Crippen molar-refractivity contribution in [3.8, 4) is 0 Å². The Bertz CT molecular complexity index is 1070. The molecule has 1 saturated heterocycles. The maximum absolute atomic E-state index is 6.02. The van der Waals surface area contributed by atoms with Gasteiger partial charge in [-0.25, -0.2) is 0 Å². The lowest BCUT2D eigenvalue weighted by Gasteiger charge is -2.32. The van der Waals surface area contributed by atoms with Crippen molar-refractivity contribution in [2.75, 3.05) is 31.9 Å². The van der Waals surface area contributed by atoms with Crippen molar-refractivity contribution in [3.05, 3.63) is 100 Å². The molecule has 0 aliphatic carbocycles. The Morgan fingerprint density at radius 2 is 1.32 bits per heavy atom. The summed E-state index contributed by atoms with van der Waals surface area (Å²) in [5, 5.41) is 0.824. The number of likely N-dealkylation sites (tertiary alicyclic amines) is 1. The fourth-order valence-corrected chi connectivity index (χ4v) is 6.66. The van der Waals surface area contributed by atoms with Gasteiger partial charge in [0.05, 0.1) is 0 Å². The number of hydrogen-bond acceptors (Lipinski definition) is 3. The molecule has 0 unspecified atom stereocenters. The van der Waals surface area contributed by atoms with E-state index in [0.717, 1.165) is 37.1 Å². The van der Waals surface area contributed by atoms with E-state index in [1.54, 1.807) is 11.1 Å². The molecule has 0 N–H and O–H groups in total. The number of piperidine rings is 1. The van der Waals surface area contributed by atoms with Crippen LogP contribution >= 0.6 is 48.2 Å². The van der Waals surface area contributed by atoms with E-state index in [4.69, 9.17) is 11.6 Å². The van der Waals surface area contributed by atoms with Gasteiger partial charge in [0.25, 0.3) is 0 Å². The van der Waals surface area contributed by atoms with Gasteiger partial charge in [-0.15, -0.1) is 36.6 Å². The van der Waals surface area contributed by atoms with Gasteiger partial charge < -0.3 is 0 Å². The molecule has 6 heteroatoms. The lowest BCUT2D eigenvalue weighted by molar-refractivity contribution is 0.175. The van der Waals surface area contributed by atoms with E-state index in [2.05, 4.69) is 82.2 Å². The van der Waals surface area contributed by atoms with E-state index < -0.39 is 0 Å². The first kappa shape index (κ1) is 30.3. The number of hydrogen-bond donors (Lipinski definition) is 0. The van der Waals surface area contributed by atoms with Crippen LogP contribution in [-0.4, -0.2) is 41.7 Å². The lowest BCUT2D eigenvalue weighted by atomic mass is 9.94. The van der Waals surface area contributed by atoms with Gasteiger partial charge in [0.15, 0.2) is 0 Å². The molecule has 37 heavy (non-hydrogen) atoms. The molecule has 0 bridgehead atoms. The molecule has 0 aromatic heterocycles. The monoisotopic (exact) mass is 576 g/mol. The average Bonchev–Trinajstić information content (AvgIpc) is 3.09. The summed E-state index contributed by atoms with van der Waals surface area (Å²) in [7, 11) is 0. The number of rotatable bonds is 8. The van der Waals surface area contributed by atoms with E-state index >= 15 is 0 Å². The minimum absolute atomic E-state index is 0. The third-order valence-corrected chi connectivity index (χ3v) is 8.92. The molecule has 0 radical (unpaired) electrons. The first-order valence-electron chi connectivity index (χ1n) is 13.2. The number of nitrogens with zero attached hydrogens (tertiary/aromatic N) is 2. The zero-order valence-electron chi connectivity index (χ0n) is 21.5. The summed E-state index contributed by atoms with van der Waals surface area (Å²) in [4.78, 5) is 6.67. The van der Waals surface area contributed by atoms with Crippen LogP contribution in [0.5, 0.6) is 0 Å². The molecule has 3 aromatic rings. The quantitative estimate of drug-likeness (QED) is 0.249. The van der Waals surface area contributed by atoms with Crippen LogP contribution in [0.2, 0.25) is 5.02 Å². The molecule has 0 atom stereocenters. The molecule has 0 spiro atoms. The van der Waals surface area contributed by atoms with Gasteiger partial charge in [-0.05, 0) is 103 Å². The van der Waals surface area contributed by atoms with Crippen LogP contribution in [0.25, 0.3) is 0 Å². The first-order chi connectivity index (χ1) is 17.2. The molecule has 2 nitrogen and oxygen atoms in total. The highest BCUT2D eigenvalue weighted by Crippen LogP contribution is 2.29. The zero-order chi connectivity index (χ0) is 23.9. The van der Waals surface area contributed by atoms with Crippen LogP contribution in [0.15, 0.2) is 77.7 Å². The van der Waals surface area contributed by atoms with Crippen molar-refractivity contribution in [2.24, 2.45) is 5.92 Å². The maximum Gasteiger partial charge on any atom is 0.0406 e. The molecular weight excluding hydrogens is 539 g/mol. The third-order valence-electron chi connectivity index (χ3n) is 7.64. The minimum atomic E-state index is 0. The number of halogens is 3. The summed E-state index contributed by atoms with van der Waals surface area (Å²) in [6.07, 6.45) is 6.33. The topological polar surface area (TPSA) is 6.48 Å². The van der Waals surface area contributed by atoms with Gasteiger partial charge in [-0.1, -0.05) is 60.1 Å². The number of fused-ring (bicyclic) bond motifs is 1. The summed E-state index contributed by atoms with van der Waals surface area (Å²) in [6.45, 7) is 6.87. The Morgan fingerprint density at radius 1 is 0.703 bits per heavy atom. The average molecular weight is 578 g/mol. The molecule has 2 aliphatic rings. The zero-order valence-corrected chi connectivity index (χ0v) is 24.7. The molecule has 1 fully saturated rings. The Labute approximate surface area is 245 Å². The summed E-state index contributed by atoms with van der Waals surface area (Å²) in [6, 6.07) is 26.5. The second-order valence-corrected chi connectivity index (χ2v) is 11.8. The summed E-state index contributed by atoms with van der Waals surface area (Å²) < 4.78 is 0. The van der Waals surface area contributed by atoms with E-state index in [1.165, 1.54) is 67.0 Å². The molecule has 2 heterocycles. The lowest BCUT2D eigenvalue weighted by Crippen LogP contribution is -2.33. The normalized spacial score (nSPS) is 16.8. The molecule has 0 amide bonds. The third kappa shape index (κ3) is 9.20. The van der Waals surface area contributed by atoms with Crippen LogP contribution in [0, 0.1) is 5.92 Å². The van der Waals surface area contributed by atoms with Crippen LogP contribution in [-0.2, 0) is 25.9 Å². The Morgan fingerprint density at radius 3 is 2.03 bits per heavy atom. The fourth-order valence-electron chi connectivity index (χ4n) is 5.46.